The van der Waals surface area contributed by atoms with Crippen LogP contribution in [0.4, 0.5) is 0 Å². The predicted octanol–water partition coefficient (Wildman–Crippen LogP) is 3.19. The number of halogens is 1. The van der Waals surface area contributed by atoms with Crippen molar-refractivity contribution in [2.24, 2.45) is 0 Å². The molecule has 0 amide bonds. The van der Waals surface area contributed by atoms with Crippen LogP contribution in [0.15, 0.2) is 35.1 Å². The van der Waals surface area contributed by atoms with Gasteiger partial charge in [-0.25, -0.2) is 4.98 Å². The molecule has 1 aliphatic rings. The molecule has 24 heavy (non-hydrogen) atoms. The molecule has 122 valence electrons. The van der Waals surface area contributed by atoms with Gasteiger partial charge in [0.1, 0.15) is 5.15 Å². The van der Waals surface area contributed by atoms with Crippen LogP contribution in [0.25, 0.3) is 10.9 Å². The van der Waals surface area contributed by atoms with Crippen LogP contribution in [-0.2, 0) is 19.5 Å². The molecule has 3 aromatic rings. The molecule has 3 heterocycles. The van der Waals surface area contributed by atoms with E-state index in [9.17, 15) is 4.79 Å². The SMILES string of the molecule is O=c1[nH]c(=S)[nH]c2c1CN(Cc1cc3ccccc3nc1Cl)CC2. The molecule has 1 aliphatic heterocycles. The summed E-state index contributed by atoms with van der Waals surface area (Å²) < 4.78 is 0.383. The normalized spacial score (nSPS) is 14.7. The number of nitrogens with one attached hydrogen (secondary N) is 2. The summed E-state index contributed by atoms with van der Waals surface area (Å²) in [4.78, 5) is 24.5. The van der Waals surface area contributed by atoms with Crippen molar-refractivity contribution in [2.45, 2.75) is 19.5 Å². The summed E-state index contributed by atoms with van der Waals surface area (Å²) in [6, 6.07) is 9.98. The average molecular weight is 359 g/mol. The maximum absolute atomic E-state index is 12.1. The molecule has 0 spiro atoms. The second-order valence-electron chi connectivity index (χ2n) is 5.96. The van der Waals surface area contributed by atoms with Gasteiger partial charge in [0.2, 0.25) is 0 Å². The Morgan fingerprint density at radius 2 is 2.12 bits per heavy atom. The smallest absolute Gasteiger partial charge is 0.256 e. The van der Waals surface area contributed by atoms with Crippen LogP contribution in [0.5, 0.6) is 0 Å². The van der Waals surface area contributed by atoms with Crippen molar-refractivity contribution in [3.63, 3.8) is 0 Å². The molecule has 5 nitrogen and oxygen atoms in total. The van der Waals surface area contributed by atoms with Crippen molar-refractivity contribution in [3.8, 4) is 0 Å². The third kappa shape index (κ3) is 2.88. The quantitative estimate of drug-likeness (QED) is 0.545. The summed E-state index contributed by atoms with van der Waals surface area (Å²) >= 11 is 11.4. The summed E-state index contributed by atoms with van der Waals surface area (Å²) in [6.45, 7) is 2.07. The van der Waals surface area contributed by atoms with Crippen LogP contribution in [-0.4, -0.2) is 26.4 Å². The lowest BCUT2D eigenvalue weighted by atomic mass is 10.1. The molecule has 1 aromatic carbocycles. The van der Waals surface area contributed by atoms with Gasteiger partial charge in [-0.3, -0.25) is 14.7 Å². The molecule has 0 saturated carbocycles. The maximum atomic E-state index is 12.1. The van der Waals surface area contributed by atoms with Crippen LogP contribution in [0.3, 0.4) is 0 Å². The Balaban J connectivity index is 1.64. The molecule has 0 fully saturated rings. The molecule has 0 aliphatic carbocycles. The highest BCUT2D eigenvalue weighted by molar-refractivity contribution is 7.71. The van der Waals surface area contributed by atoms with Crippen LogP contribution < -0.4 is 5.56 Å². The zero-order chi connectivity index (χ0) is 16.7. The van der Waals surface area contributed by atoms with Crippen LogP contribution >= 0.6 is 23.8 Å². The number of nitrogens with zero attached hydrogens (tertiary/aromatic N) is 2. The highest BCUT2D eigenvalue weighted by Crippen LogP contribution is 2.23. The Kier molecular flexibility index (Phi) is 3.96. The first-order valence-electron chi connectivity index (χ1n) is 7.71. The molecule has 0 atom stereocenters. The van der Waals surface area contributed by atoms with Crippen LogP contribution in [0.1, 0.15) is 16.8 Å². The molecule has 0 bridgehead atoms. The van der Waals surface area contributed by atoms with Gasteiger partial charge in [-0.15, -0.1) is 0 Å². The summed E-state index contributed by atoms with van der Waals surface area (Å²) in [5.74, 6) is 0. The number of fused-ring (bicyclic) bond motifs is 2. The Morgan fingerprint density at radius 3 is 3.00 bits per heavy atom. The first kappa shape index (κ1) is 15.5. The Labute approximate surface area is 148 Å². The number of hydrogen-bond acceptors (Lipinski definition) is 4. The number of pyridine rings is 1. The minimum Gasteiger partial charge on any atom is -0.335 e. The second-order valence-corrected chi connectivity index (χ2v) is 6.72. The Hall–Kier alpha value is -2.02. The van der Waals surface area contributed by atoms with Crippen molar-refractivity contribution < 1.29 is 0 Å². The van der Waals surface area contributed by atoms with E-state index in [1.54, 1.807) is 0 Å². The molecule has 0 unspecified atom stereocenters. The van der Waals surface area contributed by atoms with E-state index in [1.807, 2.05) is 24.3 Å². The van der Waals surface area contributed by atoms with Gasteiger partial charge in [0.25, 0.3) is 5.56 Å². The van der Waals surface area contributed by atoms with E-state index in [2.05, 4.69) is 25.9 Å². The molecule has 7 heteroatoms. The van der Waals surface area contributed by atoms with Crippen LogP contribution in [0.2, 0.25) is 5.15 Å². The standard InChI is InChI=1S/C17H15ClN4OS/c18-15-11(7-10-3-1-2-4-13(10)19-15)8-22-6-5-14-12(9-22)16(23)21-17(24)20-14/h1-4,7H,5-6,8-9H2,(H2,20,21,23,24). The zero-order valence-electron chi connectivity index (χ0n) is 12.8. The topological polar surface area (TPSA) is 64.8 Å². The number of aromatic amines is 2. The molecular formula is C17H15ClN4OS. The van der Waals surface area contributed by atoms with E-state index >= 15 is 0 Å². The molecule has 0 radical (unpaired) electrons. The van der Waals surface area contributed by atoms with Gasteiger partial charge in [0.15, 0.2) is 4.77 Å². The molecule has 2 N–H and O–H groups in total. The van der Waals surface area contributed by atoms with Gasteiger partial charge in [-0.05, 0) is 24.4 Å². The van der Waals surface area contributed by atoms with Gasteiger partial charge in [-0.2, -0.15) is 0 Å². The van der Waals surface area contributed by atoms with Gasteiger partial charge in [0, 0.05) is 42.7 Å². The third-order valence-corrected chi connectivity index (χ3v) is 4.87. The monoisotopic (exact) mass is 358 g/mol. The lowest BCUT2D eigenvalue weighted by Crippen LogP contribution is -2.35. The number of rotatable bonds is 2. The van der Waals surface area contributed by atoms with E-state index < -0.39 is 0 Å². The van der Waals surface area contributed by atoms with Crippen molar-refractivity contribution in [2.75, 3.05) is 6.54 Å². The van der Waals surface area contributed by atoms with Crippen molar-refractivity contribution in [1.82, 2.24) is 19.9 Å². The van der Waals surface area contributed by atoms with E-state index in [1.165, 1.54) is 0 Å². The fourth-order valence-corrected chi connectivity index (χ4v) is 3.56. The number of H-pyrrole nitrogens is 2. The lowest BCUT2D eigenvalue weighted by molar-refractivity contribution is 0.241. The first-order valence-corrected chi connectivity index (χ1v) is 8.49. The van der Waals surface area contributed by atoms with E-state index in [4.69, 9.17) is 23.8 Å². The fraction of sp³-hybridized carbons (Fsp3) is 0.235. The largest absolute Gasteiger partial charge is 0.335 e. The van der Waals surface area contributed by atoms with E-state index in [0.717, 1.165) is 40.7 Å². The number of hydrogen-bond donors (Lipinski definition) is 2. The number of benzene rings is 1. The minimum absolute atomic E-state index is 0.110. The second kappa shape index (κ2) is 6.12. The van der Waals surface area contributed by atoms with E-state index in [-0.39, 0.29) is 5.56 Å². The van der Waals surface area contributed by atoms with Gasteiger partial charge >= 0.3 is 0 Å². The van der Waals surface area contributed by atoms with Crippen molar-refractivity contribution in [1.29, 1.82) is 0 Å². The average Bonchev–Trinajstić information content (AvgIpc) is 2.56. The molecule has 2 aromatic heterocycles. The van der Waals surface area contributed by atoms with Crippen LogP contribution in [0, 0.1) is 4.77 Å². The number of aromatic nitrogens is 3. The highest BCUT2D eigenvalue weighted by Gasteiger charge is 2.20. The van der Waals surface area contributed by atoms with Crippen molar-refractivity contribution in [3.05, 3.63) is 67.4 Å². The summed E-state index contributed by atoms with van der Waals surface area (Å²) in [5.41, 5.74) is 3.43. The Bertz CT molecular complexity index is 1040. The van der Waals surface area contributed by atoms with Gasteiger partial charge in [-0.1, -0.05) is 29.8 Å². The highest BCUT2D eigenvalue weighted by atomic mass is 35.5. The summed E-state index contributed by atoms with van der Waals surface area (Å²) in [6.07, 6.45) is 0.765. The first-order chi connectivity index (χ1) is 11.6. The summed E-state index contributed by atoms with van der Waals surface area (Å²) in [7, 11) is 0. The molecule has 0 saturated heterocycles. The summed E-state index contributed by atoms with van der Waals surface area (Å²) in [5, 5.41) is 1.58. The minimum atomic E-state index is -0.110. The van der Waals surface area contributed by atoms with Gasteiger partial charge in [0.05, 0.1) is 11.1 Å². The molecular weight excluding hydrogens is 344 g/mol. The third-order valence-electron chi connectivity index (χ3n) is 4.33. The Morgan fingerprint density at radius 1 is 1.29 bits per heavy atom. The number of para-hydroxylation sites is 1. The zero-order valence-corrected chi connectivity index (χ0v) is 14.4. The van der Waals surface area contributed by atoms with Crippen molar-refractivity contribution >= 4 is 34.7 Å². The fourth-order valence-electron chi connectivity index (χ4n) is 3.14. The van der Waals surface area contributed by atoms with E-state index in [0.29, 0.717) is 23.0 Å². The predicted molar refractivity (Wildman–Crippen MR) is 96.8 cm³/mol. The van der Waals surface area contributed by atoms with Gasteiger partial charge < -0.3 is 4.98 Å². The molecule has 4 rings (SSSR count). The lowest BCUT2D eigenvalue weighted by Gasteiger charge is -2.28. The maximum Gasteiger partial charge on any atom is 0.256 e.